The maximum atomic E-state index is 12.5. The van der Waals surface area contributed by atoms with Crippen molar-refractivity contribution in [3.8, 4) is 5.75 Å². The van der Waals surface area contributed by atoms with Gasteiger partial charge in [-0.2, -0.15) is 0 Å². The van der Waals surface area contributed by atoms with Crippen molar-refractivity contribution in [3.05, 3.63) is 64.2 Å². The van der Waals surface area contributed by atoms with E-state index in [-0.39, 0.29) is 11.8 Å². The molecule has 6 heteroatoms. The van der Waals surface area contributed by atoms with E-state index in [4.69, 9.17) is 0 Å². The third kappa shape index (κ3) is 4.82. The minimum absolute atomic E-state index is 0.00707. The van der Waals surface area contributed by atoms with Gasteiger partial charge in [0.2, 0.25) is 0 Å². The Bertz CT molecular complexity index is 758. The van der Waals surface area contributed by atoms with Crippen molar-refractivity contribution in [2.24, 2.45) is 0 Å². The first-order valence-corrected chi connectivity index (χ1v) is 9.13. The molecule has 0 unspecified atom stereocenters. The lowest BCUT2D eigenvalue weighted by atomic mass is 9.88. The van der Waals surface area contributed by atoms with Crippen LogP contribution in [0.25, 0.3) is 0 Å². The minimum atomic E-state index is -4.68. The number of ether oxygens (including phenoxy) is 1. The predicted octanol–water partition coefficient (Wildman–Crippen LogP) is 4.51. The van der Waals surface area contributed by atoms with Gasteiger partial charge in [-0.15, -0.1) is 13.2 Å². The van der Waals surface area contributed by atoms with Gasteiger partial charge in [-0.05, 0) is 55.2 Å². The predicted molar refractivity (Wildman–Crippen MR) is 100 cm³/mol. The van der Waals surface area contributed by atoms with Crippen LogP contribution in [0.3, 0.4) is 0 Å². The molecule has 1 aliphatic heterocycles. The lowest BCUT2D eigenvalue weighted by Gasteiger charge is -2.37. The average Bonchev–Trinajstić information content (AvgIpc) is 2.58. The van der Waals surface area contributed by atoms with Gasteiger partial charge in [0, 0.05) is 26.2 Å². The van der Waals surface area contributed by atoms with Gasteiger partial charge in [-0.25, -0.2) is 0 Å². The van der Waals surface area contributed by atoms with Crippen molar-refractivity contribution in [1.82, 2.24) is 10.2 Å². The van der Waals surface area contributed by atoms with Crippen LogP contribution in [0.2, 0.25) is 0 Å². The summed E-state index contributed by atoms with van der Waals surface area (Å²) in [6.07, 6.45) is -4.68. The highest BCUT2D eigenvalue weighted by Crippen LogP contribution is 2.35. The Hall–Kier alpha value is -2.05. The second kappa shape index (κ2) is 7.90. The first-order chi connectivity index (χ1) is 12.7. The summed E-state index contributed by atoms with van der Waals surface area (Å²) in [4.78, 5) is 2.39. The number of piperazine rings is 1. The fourth-order valence-electron chi connectivity index (χ4n) is 3.97. The standard InChI is InChI=1S/C21H25F3N2O/c1-14-12-15(2)19(16(3)13-14)20(26-10-8-25-9-11-26)17-4-6-18(7-5-17)27-21(22,23)24/h4-7,12-13,20,25H,8-11H2,1-3H3/t20-/m0/s1. The quantitative estimate of drug-likeness (QED) is 0.848. The summed E-state index contributed by atoms with van der Waals surface area (Å²) in [5.41, 5.74) is 5.81. The molecular formula is C21H25F3N2O. The van der Waals surface area contributed by atoms with Gasteiger partial charge in [0.05, 0.1) is 6.04 Å². The summed E-state index contributed by atoms with van der Waals surface area (Å²) in [5, 5.41) is 3.36. The highest BCUT2D eigenvalue weighted by molar-refractivity contribution is 5.45. The molecule has 3 nitrogen and oxygen atoms in total. The molecule has 27 heavy (non-hydrogen) atoms. The van der Waals surface area contributed by atoms with E-state index < -0.39 is 6.36 Å². The molecule has 1 aliphatic rings. The number of nitrogens with one attached hydrogen (secondary N) is 1. The van der Waals surface area contributed by atoms with Crippen LogP contribution in [0, 0.1) is 20.8 Å². The molecule has 1 heterocycles. The van der Waals surface area contributed by atoms with Gasteiger partial charge in [0.15, 0.2) is 0 Å². The van der Waals surface area contributed by atoms with Gasteiger partial charge in [0.25, 0.3) is 0 Å². The number of alkyl halides is 3. The summed E-state index contributed by atoms with van der Waals surface area (Å²) in [6.45, 7) is 9.85. The molecule has 2 aromatic rings. The molecular weight excluding hydrogens is 353 g/mol. The second-order valence-corrected chi connectivity index (χ2v) is 7.12. The van der Waals surface area contributed by atoms with Gasteiger partial charge >= 0.3 is 6.36 Å². The summed E-state index contributed by atoms with van der Waals surface area (Å²) in [7, 11) is 0. The maximum absolute atomic E-state index is 12.5. The number of rotatable bonds is 4. The molecule has 0 aromatic heterocycles. The van der Waals surface area contributed by atoms with Crippen LogP contribution in [-0.2, 0) is 0 Å². The first-order valence-electron chi connectivity index (χ1n) is 9.13. The Morgan fingerprint density at radius 1 is 0.963 bits per heavy atom. The maximum Gasteiger partial charge on any atom is 0.573 e. The lowest BCUT2D eigenvalue weighted by molar-refractivity contribution is -0.274. The van der Waals surface area contributed by atoms with Crippen LogP contribution in [0.4, 0.5) is 13.2 Å². The van der Waals surface area contributed by atoms with Crippen LogP contribution < -0.4 is 10.1 Å². The SMILES string of the molecule is Cc1cc(C)c([C@H](c2ccc(OC(F)(F)F)cc2)N2CCNCC2)c(C)c1. The molecule has 146 valence electrons. The fraction of sp³-hybridized carbons (Fsp3) is 0.429. The molecule has 1 atom stereocenters. The van der Waals surface area contributed by atoms with Gasteiger partial charge in [-0.3, -0.25) is 4.90 Å². The minimum Gasteiger partial charge on any atom is -0.406 e. The molecule has 1 fully saturated rings. The first kappa shape index (κ1) is 19.7. The largest absolute Gasteiger partial charge is 0.573 e. The van der Waals surface area contributed by atoms with Gasteiger partial charge in [-0.1, -0.05) is 29.8 Å². The van der Waals surface area contributed by atoms with Crippen LogP contribution >= 0.6 is 0 Å². The highest BCUT2D eigenvalue weighted by Gasteiger charge is 2.31. The molecule has 0 bridgehead atoms. The highest BCUT2D eigenvalue weighted by atomic mass is 19.4. The Kier molecular flexibility index (Phi) is 5.77. The Balaban J connectivity index is 2.00. The van der Waals surface area contributed by atoms with Crippen LogP contribution in [0.15, 0.2) is 36.4 Å². The van der Waals surface area contributed by atoms with E-state index in [2.05, 4.69) is 47.9 Å². The topological polar surface area (TPSA) is 24.5 Å². The number of aryl methyl sites for hydroxylation is 3. The molecule has 1 N–H and O–H groups in total. The van der Waals surface area contributed by atoms with Crippen LogP contribution in [0.1, 0.15) is 33.9 Å². The van der Waals surface area contributed by atoms with Crippen molar-refractivity contribution in [1.29, 1.82) is 0 Å². The van der Waals surface area contributed by atoms with Crippen molar-refractivity contribution < 1.29 is 17.9 Å². The third-order valence-corrected chi connectivity index (χ3v) is 4.96. The number of hydrogen-bond acceptors (Lipinski definition) is 3. The Morgan fingerprint density at radius 3 is 2.04 bits per heavy atom. The number of hydrogen-bond donors (Lipinski definition) is 1. The van der Waals surface area contributed by atoms with E-state index in [1.807, 2.05) is 0 Å². The van der Waals surface area contributed by atoms with Crippen molar-refractivity contribution in [2.45, 2.75) is 33.2 Å². The van der Waals surface area contributed by atoms with Gasteiger partial charge < -0.3 is 10.1 Å². The third-order valence-electron chi connectivity index (χ3n) is 4.96. The van der Waals surface area contributed by atoms with Crippen LogP contribution in [0.5, 0.6) is 5.75 Å². The normalized spacial score (nSPS) is 17.0. The summed E-state index contributed by atoms with van der Waals surface area (Å²) in [5.74, 6) is -0.192. The van der Waals surface area contributed by atoms with Crippen molar-refractivity contribution >= 4 is 0 Å². The zero-order valence-electron chi connectivity index (χ0n) is 15.9. The fourth-order valence-corrected chi connectivity index (χ4v) is 3.97. The molecule has 0 radical (unpaired) electrons. The van der Waals surface area contributed by atoms with Crippen molar-refractivity contribution in [3.63, 3.8) is 0 Å². The molecule has 0 aliphatic carbocycles. The number of nitrogens with zero attached hydrogens (tertiary/aromatic N) is 1. The lowest BCUT2D eigenvalue weighted by Crippen LogP contribution is -2.45. The monoisotopic (exact) mass is 378 g/mol. The average molecular weight is 378 g/mol. The molecule has 0 amide bonds. The smallest absolute Gasteiger partial charge is 0.406 e. The number of benzene rings is 2. The zero-order chi connectivity index (χ0) is 19.6. The molecule has 1 saturated heterocycles. The summed E-state index contributed by atoms with van der Waals surface area (Å²) < 4.78 is 41.4. The summed E-state index contributed by atoms with van der Waals surface area (Å²) in [6, 6.07) is 10.6. The van der Waals surface area contributed by atoms with E-state index in [9.17, 15) is 13.2 Å². The Labute approximate surface area is 158 Å². The van der Waals surface area contributed by atoms with Gasteiger partial charge in [0.1, 0.15) is 5.75 Å². The molecule has 0 saturated carbocycles. The van der Waals surface area contributed by atoms with E-state index in [0.717, 1.165) is 31.7 Å². The summed E-state index contributed by atoms with van der Waals surface area (Å²) >= 11 is 0. The molecule has 3 rings (SSSR count). The second-order valence-electron chi connectivity index (χ2n) is 7.12. The Morgan fingerprint density at radius 2 is 1.52 bits per heavy atom. The number of halogens is 3. The van der Waals surface area contributed by atoms with Crippen molar-refractivity contribution in [2.75, 3.05) is 26.2 Å². The van der Waals surface area contributed by atoms with E-state index >= 15 is 0 Å². The molecule has 0 spiro atoms. The zero-order valence-corrected chi connectivity index (χ0v) is 15.9. The van der Waals surface area contributed by atoms with E-state index in [0.29, 0.717) is 0 Å². The van der Waals surface area contributed by atoms with E-state index in [1.54, 1.807) is 12.1 Å². The molecule has 2 aromatic carbocycles. The van der Waals surface area contributed by atoms with Crippen LogP contribution in [-0.4, -0.2) is 37.4 Å². The van der Waals surface area contributed by atoms with E-state index in [1.165, 1.54) is 34.4 Å².